The molecule has 1 nitrogen and oxygen atoms in total. The highest BCUT2D eigenvalue weighted by molar-refractivity contribution is 5.43. The number of aryl methyl sites for hydroxylation is 2. The van der Waals surface area contributed by atoms with Crippen LogP contribution in [0.3, 0.4) is 0 Å². The first kappa shape index (κ1) is 12.8. The van der Waals surface area contributed by atoms with Crippen molar-refractivity contribution in [3.05, 3.63) is 70.8 Å². The van der Waals surface area contributed by atoms with Crippen molar-refractivity contribution < 1.29 is 4.74 Å². The maximum absolute atomic E-state index is 5.87. The molecule has 0 spiro atoms. The minimum Gasteiger partial charge on any atom is -0.369 e. The third-order valence-corrected chi connectivity index (χ3v) is 3.73. The van der Waals surface area contributed by atoms with Gasteiger partial charge in [0.25, 0.3) is 0 Å². The van der Waals surface area contributed by atoms with E-state index in [-0.39, 0.29) is 0 Å². The Morgan fingerprint density at radius 2 is 1.17 bits per heavy atom. The standard InChI is InChI=1S/C17H20O/c1-13-9-5-7-11-15(13)17(3,18-4)16-12-8-6-10-14(16)2/h5-12H,1-4H3. The average Bonchev–Trinajstić information content (AvgIpc) is 2.39. The molecule has 0 saturated carbocycles. The third kappa shape index (κ3) is 2.06. The molecule has 0 heterocycles. The second kappa shape index (κ2) is 4.95. The molecule has 2 aromatic rings. The molecular weight excluding hydrogens is 220 g/mol. The average molecular weight is 240 g/mol. The summed E-state index contributed by atoms with van der Waals surface area (Å²) in [5.74, 6) is 0. The maximum atomic E-state index is 5.87. The van der Waals surface area contributed by atoms with Gasteiger partial charge >= 0.3 is 0 Å². The monoisotopic (exact) mass is 240 g/mol. The fourth-order valence-corrected chi connectivity index (χ4v) is 2.58. The van der Waals surface area contributed by atoms with Crippen molar-refractivity contribution in [3.63, 3.8) is 0 Å². The molecule has 2 aromatic carbocycles. The number of hydrogen-bond acceptors (Lipinski definition) is 1. The van der Waals surface area contributed by atoms with Gasteiger partial charge in [-0.25, -0.2) is 0 Å². The second-order valence-electron chi connectivity index (χ2n) is 4.87. The van der Waals surface area contributed by atoms with Gasteiger partial charge in [0.15, 0.2) is 0 Å². The number of ether oxygens (including phenoxy) is 1. The van der Waals surface area contributed by atoms with Gasteiger partial charge in [0.2, 0.25) is 0 Å². The van der Waals surface area contributed by atoms with Crippen LogP contribution in [0.5, 0.6) is 0 Å². The van der Waals surface area contributed by atoms with Gasteiger partial charge in [-0.05, 0) is 43.0 Å². The molecule has 0 bridgehead atoms. The SMILES string of the molecule is COC(C)(c1ccccc1C)c1ccccc1C. The van der Waals surface area contributed by atoms with Crippen molar-refractivity contribution in [1.29, 1.82) is 0 Å². The Balaban J connectivity index is 2.63. The molecule has 0 N–H and O–H groups in total. The predicted molar refractivity (Wildman–Crippen MR) is 75.8 cm³/mol. The van der Waals surface area contributed by atoms with Gasteiger partial charge < -0.3 is 4.74 Å². The summed E-state index contributed by atoms with van der Waals surface area (Å²) in [4.78, 5) is 0. The van der Waals surface area contributed by atoms with Crippen molar-refractivity contribution in [3.8, 4) is 0 Å². The number of hydrogen-bond donors (Lipinski definition) is 0. The van der Waals surface area contributed by atoms with Gasteiger partial charge in [-0.15, -0.1) is 0 Å². The molecule has 0 unspecified atom stereocenters. The molecule has 1 heteroatoms. The minimum atomic E-state index is -0.392. The third-order valence-electron chi connectivity index (χ3n) is 3.73. The Labute approximate surface area is 109 Å². The Bertz CT molecular complexity index is 497. The van der Waals surface area contributed by atoms with E-state index in [4.69, 9.17) is 4.74 Å². The van der Waals surface area contributed by atoms with Gasteiger partial charge in [-0.2, -0.15) is 0 Å². The van der Waals surface area contributed by atoms with E-state index in [1.54, 1.807) is 7.11 Å². The van der Waals surface area contributed by atoms with Crippen LogP contribution in [0.15, 0.2) is 48.5 Å². The van der Waals surface area contributed by atoms with E-state index in [9.17, 15) is 0 Å². The zero-order chi connectivity index (χ0) is 13.2. The summed E-state index contributed by atoms with van der Waals surface area (Å²) in [5.41, 5.74) is 4.57. The summed E-state index contributed by atoms with van der Waals surface area (Å²) in [7, 11) is 1.78. The molecule has 0 atom stereocenters. The minimum absolute atomic E-state index is 0.392. The molecule has 0 aliphatic rings. The lowest BCUT2D eigenvalue weighted by Crippen LogP contribution is -2.27. The molecule has 0 radical (unpaired) electrons. The summed E-state index contributed by atoms with van der Waals surface area (Å²) in [6, 6.07) is 16.8. The van der Waals surface area contributed by atoms with E-state index in [0.29, 0.717) is 0 Å². The van der Waals surface area contributed by atoms with Crippen molar-refractivity contribution in [1.82, 2.24) is 0 Å². The zero-order valence-electron chi connectivity index (χ0n) is 11.5. The summed E-state index contributed by atoms with van der Waals surface area (Å²) in [6.45, 7) is 6.40. The van der Waals surface area contributed by atoms with E-state index >= 15 is 0 Å². The molecule has 0 amide bonds. The highest BCUT2D eigenvalue weighted by Gasteiger charge is 2.30. The first-order valence-corrected chi connectivity index (χ1v) is 6.27. The quantitative estimate of drug-likeness (QED) is 0.780. The van der Waals surface area contributed by atoms with E-state index in [1.807, 2.05) is 0 Å². The Kier molecular flexibility index (Phi) is 3.53. The fraction of sp³-hybridized carbons (Fsp3) is 0.294. The normalized spacial score (nSPS) is 11.6. The molecule has 2 rings (SSSR count). The molecule has 0 saturated heterocycles. The lowest BCUT2D eigenvalue weighted by Gasteiger charge is -2.32. The predicted octanol–water partition coefficient (Wildman–Crippen LogP) is 4.21. The molecule has 18 heavy (non-hydrogen) atoms. The Morgan fingerprint density at radius 1 is 0.778 bits per heavy atom. The summed E-state index contributed by atoms with van der Waals surface area (Å²) in [6.07, 6.45) is 0. The molecule has 94 valence electrons. The maximum Gasteiger partial charge on any atom is 0.115 e. The van der Waals surface area contributed by atoms with Crippen molar-refractivity contribution in [2.24, 2.45) is 0 Å². The van der Waals surface area contributed by atoms with Crippen LogP contribution >= 0.6 is 0 Å². The van der Waals surface area contributed by atoms with Gasteiger partial charge in [0.1, 0.15) is 5.60 Å². The molecule has 0 aliphatic heterocycles. The van der Waals surface area contributed by atoms with E-state index in [1.165, 1.54) is 22.3 Å². The first-order chi connectivity index (χ1) is 8.59. The van der Waals surface area contributed by atoms with Crippen LogP contribution in [-0.4, -0.2) is 7.11 Å². The zero-order valence-corrected chi connectivity index (χ0v) is 11.5. The Morgan fingerprint density at radius 3 is 1.50 bits per heavy atom. The fourth-order valence-electron chi connectivity index (χ4n) is 2.58. The van der Waals surface area contributed by atoms with Gasteiger partial charge in [-0.3, -0.25) is 0 Å². The second-order valence-corrected chi connectivity index (χ2v) is 4.87. The lowest BCUT2D eigenvalue weighted by atomic mass is 9.83. The molecule has 0 aliphatic carbocycles. The first-order valence-electron chi connectivity index (χ1n) is 6.27. The largest absolute Gasteiger partial charge is 0.369 e. The van der Waals surface area contributed by atoms with Crippen LogP contribution < -0.4 is 0 Å². The highest BCUT2D eigenvalue weighted by atomic mass is 16.5. The summed E-state index contributed by atoms with van der Waals surface area (Å²) in [5, 5.41) is 0. The molecule has 0 fully saturated rings. The van der Waals surface area contributed by atoms with Crippen LogP contribution in [-0.2, 0) is 10.3 Å². The highest BCUT2D eigenvalue weighted by Crippen LogP contribution is 2.36. The Hall–Kier alpha value is -1.60. The number of benzene rings is 2. The number of methoxy groups -OCH3 is 1. The van der Waals surface area contributed by atoms with Gasteiger partial charge in [0.05, 0.1) is 0 Å². The van der Waals surface area contributed by atoms with Crippen LogP contribution in [0.25, 0.3) is 0 Å². The summed E-state index contributed by atoms with van der Waals surface area (Å²) >= 11 is 0. The lowest BCUT2D eigenvalue weighted by molar-refractivity contribution is 0.0380. The van der Waals surface area contributed by atoms with Crippen LogP contribution in [0, 0.1) is 13.8 Å². The van der Waals surface area contributed by atoms with Gasteiger partial charge in [-0.1, -0.05) is 48.5 Å². The van der Waals surface area contributed by atoms with Crippen molar-refractivity contribution in [2.45, 2.75) is 26.4 Å². The van der Waals surface area contributed by atoms with Crippen LogP contribution in [0.2, 0.25) is 0 Å². The van der Waals surface area contributed by atoms with Crippen molar-refractivity contribution >= 4 is 0 Å². The number of rotatable bonds is 3. The van der Waals surface area contributed by atoms with E-state index in [0.717, 1.165) is 0 Å². The molecular formula is C17H20O. The molecule has 0 aromatic heterocycles. The van der Waals surface area contributed by atoms with E-state index in [2.05, 4.69) is 69.3 Å². The summed E-state index contributed by atoms with van der Waals surface area (Å²) < 4.78 is 5.87. The van der Waals surface area contributed by atoms with Crippen LogP contribution in [0.1, 0.15) is 29.2 Å². The van der Waals surface area contributed by atoms with Crippen molar-refractivity contribution in [2.75, 3.05) is 7.11 Å². The van der Waals surface area contributed by atoms with Gasteiger partial charge in [0, 0.05) is 7.11 Å². The van der Waals surface area contributed by atoms with Crippen LogP contribution in [0.4, 0.5) is 0 Å². The van der Waals surface area contributed by atoms with E-state index < -0.39 is 5.60 Å². The topological polar surface area (TPSA) is 9.23 Å². The smallest absolute Gasteiger partial charge is 0.115 e.